The minimum Gasteiger partial charge on any atom is -0.366 e. The largest absolute Gasteiger partial charge is 0.366 e. The Kier molecular flexibility index (Phi) is 6.74. The molecule has 1 aromatic heterocycles. The second kappa shape index (κ2) is 8.58. The van der Waals surface area contributed by atoms with Crippen molar-refractivity contribution in [2.45, 2.75) is 25.9 Å². The summed E-state index contributed by atoms with van der Waals surface area (Å²) in [4.78, 5) is 18.1. The van der Waals surface area contributed by atoms with Crippen molar-refractivity contribution in [3.05, 3.63) is 35.2 Å². The van der Waals surface area contributed by atoms with E-state index < -0.39 is 6.10 Å². The summed E-state index contributed by atoms with van der Waals surface area (Å²) in [5.41, 5.74) is 2.02. The normalized spacial score (nSPS) is 17.4. The zero-order chi connectivity index (χ0) is 16.2. The maximum absolute atomic E-state index is 12.3. The van der Waals surface area contributed by atoms with Gasteiger partial charge in [0.25, 0.3) is 5.91 Å². The van der Waals surface area contributed by atoms with Gasteiger partial charge in [0.15, 0.2) is 5.13 Å². The molecule has 24 heavy (non-hydrogen) atoms. The molecule has 0 aliphatic carbocycles. The van der Waals surface area contributed by atoms with Crippen molar-refractivity contribution in [2.75, 3.05) is 25.0 Å². The lowest BCUT2D eigenvalue weighted by molar-refractivity contribution is -0.128. The van der Waals surface area contributed by atoms with Gasteiger partial charge in [-0.1, -0.05) is 44.2 Å². The fourth-order valence-electron chi connectivity index (χ4n) is 2.50. The fourth-order valence-corrected chi connectivity index (χ4v) is 3.49. The predicted octanol–water partition coefficient (Wildman–Crippen LogP) is 3.28. The summed E-state index contributed by atoms with van der Waals surface area (Å²) in [5.74, 6) is 0.210. The molecule has 0 spiro atoms. The number of rotatable bonds is 4. The second-order valence-corrected chi connectivity index (χ2v) is 6.84. The Morgan fingerprint density at radius 3 is 2.75 bits per heavy atom. The molecule has 2 heterocycles. The number of hydrogen-bond acceptors (Lipinski definition) is 5. The lowest BCUT2D eigenvalue weighted by Gasteiger charge is -2.22. The summed E-state index contributed by atoms with van der Waals surface area (Å²) < 4.78 is 5.48. The van der Waals surface area contributed by atoms with E-state index in [1.54, 1.807) is 0 Å². The van der Waals surface area contributed by atoms with Gasteiger partial charge in [0, 0.05) is 23.5 Å². The van der Waals surface area contributed by atoms with Gasteiger partial charge < -0.3 is 10.1 Å². The summed E-state index contributed by atoms with van der Waals surface area (Å²) in [6.07, 6.45) is -0.449. The Morgan fingerprint density at radius 2 is 2.12 bits per heavy atom. The van der Waals surface area contributed by atoms with Crippen LogP contribution < -0.4 is 10.6 Å². The number of nitrogens with zero attached hydrogens (tertiary/aromatic N) is 1. The number of carbonyl (C=O) groups is 1. The number of ether oxygens (including phenoxy) is 1. The van der Waals surface area contributed by atoms with Crippen LogP contribution in [0, 0.1) is 0 Å². The van der Waals surface area contributed by atoms with Gasteiger partial charge in [-0.2, -0.15) is 0 Å². The molecule has 5 nitrogen and oxygen atoms in total. The van der Waals surface area contributed by atoms with Crippen molar-refractivity contribution < 1.29 is 9.53 Å². The van der Waals surface area contributed by atoms with E-state index in [9.17, 15) is 4.79 Å². The summed E-state index contributed by atoms with van der Waals surface area (Å²) in [6, 6.07) is 10.1. The number of amides is 1. The smallest absolute Gasteiger partial charge is 0.256 e. The Hall–Kier alpha value is -1.47. The van der Waals surface area contributed by atoms with E-state index in [2.05, 4.69) is 29.5 Å². The van der Waals surface area contributed by atoms with Crippen LogP contribution in [-0.4, -0.2) is 36.7 Å². The maximum atomic E-state index is 12.3. The van der Waals surface area contributed by atoms with E-state index in [0.29, 0.717) is 24.2 Å². The van der Waals surface area contributed by atoms with Crippen LogP contribution in [0.5, 0.6) is 0 Å². The van der Waals surface area contributed by atoms with E-state index in [-0.39, 0.29) is 18.3 Å². The van der Waals surface area contributed by atoms with Gasteiger partial charge in [0.05, 0.1) is 12.3 Å². The highest BCUT2D eigenvalue weighted by Gasteiger charge is 2.24. The zero-order valence-electron chi connectivity index (χ0n) is 13.7. The molecule has 7 heteroatoms. The molecular weight excluding hydrogens is 346 g/mol. The first-order valence-electron chi connectivity index (χ1n) is 7.84. The predicted molar refractivity (Wildman–Crippen MR) is 100 cm³/mol. The Bertz CT molecular complexity index is 670. The summed E-state index contributed by atoms with van der Waals surface area (Å²) in [7, 11) is 0. The first kappa shape index (κ1) is 18.9. The van der Waals surface area contributed by atoms with Gasteiger partial charge >= 0.3 is 0 Å². The van der Waals surface area contributed by atoms with Crippen LogP contribution in [0.3, 0.4) is 0 Å². The first-order chi connectivity index (χ1) is 11.1. The molecule has 1 atom stereocenters. The van der Waals surface area contributed by atoms with Gasteiger partial charge in [-0.15, -0.1) is 23.7 Å². The average Bonchev–Trinajstić information content (AvgIpc) is 3.00. The number of morpholine rings is 1. The SMILES string of the molecule is CC(C)c1sc(NC(=O)C2CNCCO2)nc1-c1ccccc1.Cl. The van der Waals surface area contributed by atoms with Crippen LogP contribution in [-0.2, 0) is 9.53 Å². The quantitative estimate of drug-likeness (QED) is 0.870. The molecule has 1 aliphatic heterocycles. The van der Waals surface area contributed by atoms with E-state index in [0.717, 1.165) is 17.8 Å². The summed E-state index contributed by atoms with van der Waals surface area (Å²) >= 11 is 1.54. The van der Waals surface area contributed by atoms with Gasteiger partial charge in [0.2, 0.25) is 0 Å². The third-order valence-electron chi connectivity index (χ3n) is 3.68. The van der Waals surface area contributed by atoms with Crippen molar-refractivity contribution in [3.63, 3.8) is 0 Å². The molecular formula is C17H22ClN3O2S. The van der Waals surface area contributed by atoms with Gasteiger partial charge in [-0.3, -0.25) is 10.1 Å². The minimum atomic E-state index is -0.449. The maximum Gasteiger partial charge on any atom is 0.256 e. The van der Waals surface area contributed by atoms with Crippen molar-refractivity contribution in [2.24, 2.45) is 0 Å². The minimum absolute atomic E-state index is 0. The van der Waals surface area contributed by atoms with Crippen LogP contribution >= 0.6 is 23.7 Å². The highest BCUT2D eigenvalue weighted by molar-refractivity contribution is 7.16. The topological polar surface area (TPSA) is 63.2 Å². The van der Waals surface area contributed by atoms with Crippen LogP contribution in [0.2, 0.25) is 0 Å². The number of nitrogens with one attached hydrogen (secondary N) is 2. The molecule has 1 aliphatic rings. The van der Waals surface area contributed by atoms with Crippen molar-refractivity contribution in [3.8, 4) is 11.3 Å². The molecule has 1 aromatic carbocycles. The molecule has 3 rings (SSSR count). The average molecular weight is 368 g/mol. The monoisotopic (exact) mass is 367 g/mol. The summed E-state index contributed by atoms with van der Waals surface area (Å²) in [5, 5.41) is 6.69. The standard InChI is InChI=1S/C17H21N3O2S.ClH/c1-11(2)15-14(12-6-4-3-5-7-12)19-17(23-15)20-16(21)13-10-18-8-9-22-13;/h3-7,11,13,18H,8-10H2,1-2H3,(H,19,20,21);1H. The number of benzene rings is 1. The lowest BCUT2D eigenvalue weighted by atomic mass is 10.1. The third kappa shape index (κ3) is 4.33. The zero-order valence-corrected chi connectivity index (χ0v) is 15.4. The molecule has 130 valence electrons. The van der Waals surface area contributed by atoms with Crippen LogP contribution in [0.15, 0.2) is 30.3 Å². The van der Waals surface area contributed by atoms with Gasteiger partial charge in [-0.05, 0) is 5.92 Å². The van der Waals surface area contributed by atoms with Crippen LogP contribution in [0.25, 0.3) is 11.3 Å². The van der Waals surface area contributed by atoms with Crippen molar-refractivity contribution in [1.29, 1.82) is 0 Å². The Balaban J connectivity index is 0.00000208. The molecule has 0 bridgehead atoms. The van der Waals surface area contributed by atoms with E-state index >= 15 is 0 Å². The molecule has 2 N–H and O–H groups in total. The van der Waals surface area contributed by atoms with Gasteiger partial charge in [0.1, 0.15) is 6.10 Å². The number of thiazole rings is 1. The van der Waals surface area contributed by atoms with Gasteiger partial charge in [-0.25, -0.2) is 4.98 Å². The highest BCUT2D eigenvalue weighted by Crippen LogP contribution is 2.36. The Labute approximate surface area is 152 Å². The number of anilines is 1. The molecule has 1 saturated heterocycles. The highest BCUT2D eigenvalue weighted by atomic mass is 35.5. The molecule has 1 unspecified atom stereocenters. The van der Waals surface area contributed by atoms with Crippen LogP contribution in [0.1, 0.15) is 24.6 Å². The Morgan fingerprint density at radius 1 is 1.38 bits per heavy atom. The number of hydrogen-bond donors (Lipinski definition) is 2. The number of aromatic nitrogens is 1. The van der Waals surface area contributed by atoms with Crippen LogP contribution in [0.4, 0.5) is 5.13 Å². The van der Waals surface area contributed by atoms with Crippen molar-refractivity contribution in [1.82, 2.24) is 10.3 Å². The lowest BCUT2D eigenvalue weighted by Crippen LogP contribution is -2.45. The fraction of sp³-hybridized carbons (Fsp3) is 0.412. The molecule has 0 saturated carbocycles. The molecule has 2 aromatic rings. The first-order valence-corrected chi connectivity index (χ1v) is 8.66. The van der Waals surface area contributed by atoms with E-state index in [1.807, 2.05) is 30.3 Å². The van der Waals surface area contributed by atoms with E-state index in [1.165, 1.54) is 16.2 Å². The summed E-state index contributed by atoms with van der Waals surface area (Å²) in [6.45, 7) is 6.17. The molecule has 0 radical (unpaired) electrons. The second-order valence-electron chi connectivity index (χ2n) is 5.81. The number of carbonyl (C=O) groups excluding carboxylic acids is 1. The molecule has 1 amide bonds. The number of halogens is 1. The van der Waals surface area contributed by atoms with E-state index in [4.69, 9.17) is 4.74 Å². The van der Waals surface area contributed by atoms with Crippen molar-refractivity contribution >= 4 is 34.8 Å². The third-order valence-corrected chi connectivity index (χ3v) is 4.95. The molecule has 1 fully saturated rings.